The summed E-state index contributed by atoms with van der Waals surface area (Å²) in [6, 6.07) is 10.8. The molecule has 0 amide bonds. The summed E-state index contributed by atoms with van der Waals surface area (Å²) in [5.74, 6) is 0.661. The second-order valence-corrected chi connectivity index (χ2v) is 4.98. The average molecular weight is 186 g/mol. The van der Waals surface area contributed by atoms with Crippen molar-refractivity contribution >= 4 is 0 Å². The molecule has 1 aromatic rings. The highest BCUT2D eigenvalue weighted by Crippen LogP contribution is 2.65. The number of hydrogen-bond donors (Lipinski definition) is 0. The van der Waals surface area contributed by atoms with Crippen LogP contribution in [0.3, 0.4) is 0 Å². The van der Waals surface area contributed by atoms with Gasteiger partial charge in [0, 0.05) is 5.92 Å². The van der Waals surface area contributed by atoms with Crippen molar-refractivity contribution < 1.29 is 0 Å². The second kappa shape index (κ2) is 2.98. The van der Waals surface area contributed by atoms with Crippen molar-refractivity contribution in [1.29, 1.82) is 0 Å². The van der Waals surface area contributed by atoms with E-state index < -0.39 is 0 Å². The Kier molecular flexibility index (Phi) is 2.02. The zero-order valence-corrected chi connectivity index (χ0v) is 9.46. The lowest BCUT2D eigenvalue weighted by Gasteiger charge is -2.00. The highest BCUT2D eigenvalue weighted by molar-refractivity contribution is 5.51. The first-order valence-electron chi connectivity index (χ1n) is 5.28. The first-order valence-corrected chi connectivity index (χ1v) is 5.28. The van der Waals surface area contributed by atoms with Crippen LogP contribution in [0, 0.1) is 5.41 Å². The number of hydrogen-bond acceptors (Lipinski definition) is 0. The van der Waals surface area contributed by atoms with Crippen LogP contribution in [0.15, 0.2) is 41.5 Å². The quantitative estimate of drug-likeness (QED) is 0.578. The topological polar surface area (TPSA) is 0 Å². The smallest absolute Gasteiger partial charge is 0.0145 e. The van der Waals surface area contributed by atoms with Crippen LogP contribution >= 0.6 is 0 Å². The molecule has 0 heteroatoms. The molecule has 0 saturated heterocycles. The first-order chi connectivity index (χ1) is 6.55. The van der Waals surface area contributed by atoms with Gasteiger partial charge in [0.25, 0.3) is 0 Å². The van der Waals surface area contributed by atoms with E-state index in [1.165, 1.54) is 11.1 Å². The molecule has 2 rings (SSSR count). The maximum atomic E-state index is 2.34. The fourth-order valence-electron chi connectivity index (χ4n) is 2.71. The molecule has 1 saturated carbocycles. The van der Waals surface area contributed by atoms with Crippen LogP contribution in [0.1, 0.15) is 39.2 Å². The Morgan fingerprint density at radius 3 is 2.07 bits per heavy atom. The van der Waals surface area contributed by atoms with Gasteiger partial charge in [0.1, 0.15) is 0 Å². The average Bonchev–Trinajstić information content (AvgIpc) is 2.71. The SMILES string of the molecule is CC(C)=C1[C@H](c2ccccc2)C1(C)C. The summed E-state index contributed by atoms with van der Waals surface area (Å²) in [6.45, 7) is 9.13. The molecule has 1 aromatic carbocycles. The predicted molar refractivity (Wildman–Crippen MR) is 61.3 cm³/mol. The van der Waals surface area contributed by atoms with E-state index in [1.54, 1.807) is 5.57 Å². The lowest BCUT2D eigenvalue weighted by Crippen LogP contribution is -1.88. The van der Waals surface area contributed by atoms with Crippen LogP contribution in [0.2, 0.25) is 0 Å². The van der Waals surface area contributed by atoms with E-state index in [1.807, 2.05) is 0 Å². The molecule has 1 atom stereocenters. The van der Waals surface area contributed by atoms with Gasteiger partial charge in [-0.1, -0.05) is 55.3 Å². The molecule has 0 aromatic heterocycles. The Balaban J connectivity index is 2.38. The number of rotatable bonds is 1. The van der Waals surface area contributed by atoms with Gasteiger partial charge in [0.15, 0.2) is 0 Å². The third-order valence-electron chi connectivity index (χ3n) is 3.29. The summed E-state index contributed by atoms with van der Waals surface area (Å²) in [5.41, 5.74) is 4.97. The standard InChI is InChI=1S/C14H18/c1-10(2)12-13(14(12,3)4)11-8-6-5-7-9-11/h5-9,13H,1-4H3/t13-/m0/s1. The van der Waals surface area contributed by atoms with Crippen molar-refractivity contribution in [2.45, 2.75) is 33.6 Å². The van der Waals surface area contributed by atoms with Gasteiger partial charge in [-0.25, -0.2) is 0 Å². The second-order valence-electron chi connectivity index (χ2n) is 4.98. The maximum absolute atomic E-state index is 2.34. The van der Waals surface area contributed by atoms with Gasteiger partial charge in [-0.3, -0.25) is 0 Å². The molecule has 0 spiro atoms. The molecule has 74 valence electrons. The third kappa shape index (κ3) is 1.30. The highest BCUT2D eigenvalue weighted by Gasteiger charge is 2.53. The van der Waals surface area contributed by atoms with Crippen LogP contribution in [0.5, 0.6) is 0 Å². The predicted octanol–water partition coefficient (Wildman–Crippen LogP) is 4.15. The van der Waals surface area contributed by atoms with Gasteiger partial charge >= 0.3 is 0 Å². The van der Waals surface area contributed by atoms with Crippen molar-refractivity contribution in [3.8, 4) is 0 Å². The molecular weight excluding hydrogens is 168 g/mol. The Hall–Kier alpha value is -1.04. The van der Waals surface area contributed by atoms with Crippen molar-refractivity contribution in [3.05, 3.63) is 47.0 Å². The molecule has 1 aliphatic carbocycles. The van der Waals surface area contributed by atoms with Crippen molar-refractivity contribution in [3.63, 3.8) is 0 Å². The number of allylic oxidation sites excluding steroid dienone is 2. The van der Waals surface area contributed by atoms with E-state index in [-0.39, 0.29) is 0 Å². The Morgan fingerprint density at radius 1 is 1.07 bits per heavy atom. The summed E-state index contributed by atoms with van der Waals surface area (Å²) < 4.78 is 0. The largest absolute Gasteiger partial charge is 0.0760 e. The number of benzene rings is 1. The van der Waals surface area contributed by atoms with E-state index in [2.05, 4.69) is 58.0 Å². The van der Waals surface area contributed by atoms with Crippen LogP contribution in [0.4, 0.5) is 0 Å². The third-order valence-corrected chi connectivity index (χ3v) is 3.29. The molecule has 0 heterocycles. The van der Waals surface area contributed by atoms with Crippen molar-refractivity contribution in [2.75, 3.05) is 0 Å². The lowest BCUT2D eigenvalue weighted by molar-refractivity contribution is 0.640. The first kappa shape index (κ1) is 9.51. The molecule has 0 radical (unpaired) electrons. The van der Waals surface area contributed by atoms with Crippen LogP contribution in [-0.4, -0.2) is 0 Å². The molecular formula is C14H18. The van der Waals surface area contributed by atoms with E-state index in [0.717, 1.165) is 0 Å². The maximum Gasteiger partial charge on any atom is 0.0145 e. The molecule has 0 bridgehead atoms. The van der Waals surface area contributed by atoms with E-state index in [4.69, 9.17) is 0 Å². The summed E-state index contributed by atoms with van der Waals surface area (Å²) in [4.78, 5) is 0. The van der Waals surface area contributed by atoms with E-state index in [9.17, 15) is 0 Å². The zero-order valence-electron chi connectivity index (χ0n) is 9.46. The minimum atomic E-state index is 0.389. The normalized spacial score (nSPS) is 23.4. The minimum Gasteiger partial charge on any atom is -0.0760 e. The van der Waals surface area contributed by atoms with E-state index in [0.29, 0.717) is 11.3 Å². The monoisotopic (exact) mass is 186 g/mol. The van der Waals surface area contributed by atoms with Crippen molar-refractivity contribution in [2.24, 2.45) is 5.41 Å². The van der Waals surface area contributed by atoms with Crippen LogP contribution in [0.25, 0.3) is 0 Å². The van der Waals surface area contributed by atoms with Gasteiger partial charge in [0.05, 0.1) is 0 Å². The summed E-state index contributed by atoms with van der Waals surface area (Å²) >= 11 is 0. The molecule has 14 heavy (non-hydrogen) atoms. The zero-order chi connectivity index (χ0) is 10.3. The molecule has 0 aliphatic heterocycles. The fourth-order valence-corrected chi connectivity index (χ4v) is 2.71. The molecule has 1 aliphatic rings. The van der Waals surface area contributed by atoms with Gasteiger partial charge < -0.3 is 0 Å². The lowest BCUT2D eigenvalue weighted by atomic mass is 10.0. The Bertz CT molecular complexity index is 364. The van der Waals surface area contributed by atoms with Crippen molar-refractivity contribution in [1.82, 2.24) is 0 Å². The molecule has 0 N–H and O–H groups in total. The molecule has 1 fully saturated rings. The van der Waals surface area contributed by atoms with Gasteiger partial charge in [0.2, 0.25) is 0 Å². The summed E-state index contributed by atoms with van der Waals surface area (Å²) in [7, 11) is 0. The van der Waals surface area contributed by atoms with Crippen LogP contribution < -0.4 is 0 Å². The highest BCUT2D eigenvalue weighted by atomic mass is 14.6. The van der Waals surface area contributed by atoms with Gasteiger partial charge in [-0.05, 0) is 24.8 Å². The minimum absolute atomic E-state index is 0.389. The van der Waals surface area contributed by atoms with Gasteiger partial charge in [-0.15, -0.1) is 0 Å². The summed E-state index contributed by atoms with van der Waals surface area (Å²) in [6.07, 6.45) is 0. The van der Waals surface area contributed by atoms with Gasteiger partial charge in [-0.2, -0.15) is 0 Å². The van der Waals surface area contributed by atoms with Crippen LogP contribution in [-0.2, 0) is 0 Å². The molecule has 0 nitrogen and oxygen atoms in total. The van der Waals surface area contributed by atoms with E-state index >= 15 is 0 Å². The Labute approximate surface area is 86.7 Å². The fraction of sp³-hybridized carbons (Fsp3) is 0.429. The summed E-state index contributed by atoms with van der Waals surface area (Å²) in [5, 5.41) is 0. The molecule has 0 unspecified atom stereocenters. The Morgan fingerprint density at radius 2 is 1.64 bits per heavy atom.